The van der Waals surface area contributed by atoms with Gasteiger partial charge in [0.1, 0.15) is 0 Å². The highest BCUT2D eigenvalue weighted by Gasteiger charge is 2.17. The highest BCUT2D eigenvalue weighted by atomic mass is 16.2. The minimum absolute atomic E-state index is 0.00346. The fourth-order valence-corrected chi connectivity index (χ4v) is 1.90. The van der Waals surface area contributed by atoms with E-state index in [9.17, 15) is 9.59 Å². The van der Waals surface area contributed by atoms with Gasteiger partial charge in [-0.2, -0.15) is 0 Å². The number of likely N-dealkylation sites (N-methyl/N-ethyl adjacent to an activating group) is 2. The summed E-state index contributed by atoms with van der Waals surface area (Å²) in [6, 6.07) is 1.90. The SMILES string of the molecule is Cc1cc(C(=O)CN(C)CC(=O)N(C)C)c(C)n1C. The van der Waals surface area contributed by atoms with Gasteiger partial charge in [-0.1, -0.05) is 0 Å². The van der Waals surface area contributed by atoms with E-state index in [-0.39, 0.29) is 24.8 Å². The number of carbonyl (C=O) groups excluding carboxylic acids is 2. The number of hydrogen-bond acceptors (Lipinski definition) is 3. The van der Waals surface area contributed by atoms with Crippen LogP contribution in [0.3, 0.4) is 0 Å². The lowest BCUT2D eigenvalue weighted by Crippen LogP contribution is -2.37. The number of aromatic nitrogens is 1. The number of hydrogen-bond donors (Lipinski definition) is 0. The van der Waals surface area contributed by atoms with Crippen molar-refractivity contribution in [3.63, 3.8) is 0 Å². The van der Waals surface area contributed by atoms with Crippen LogP contribution in [0.1, 0.15) is 21.7 Å². The monoisotopic (exact) mass is 265 g/mol. The second kappa shape index (κ2) is 6.02. The summed E-state index contributed by atoms with van der Waals surface area (Å²) in [4.78, 5) is 27.0. The van der Waals surface area contributed by atoms with Crippen LogP contribution in [0.15, 0.2) is 6.07 Å². The number of nitrogens with zero attached hydrogens (tertiary/aromatic N) is 3. The predicted octanol–water partition coefficient (Wildman–Crippen LogP) is 0.845. The highest BCUT2D eigenvalue weighted by molar-refractivity contribution is 5.99. The van der Waals surface area contributed by atoms with Gasteiger partial charge in [0, 0.05) is 38.1 Å². The molecule has 1 aromatic rings. The summed E-state index contributed by atoms with van der Waals surface area (Å²) in [6.45, 7) is 4.42. The van der Waals surface area contributed by atoms with Gasteiger partial charge in [-0.15, -0.1) is 0 Å². The third-order valence-electron chi connectivity index (χ3n) is 3.39. The number of rotatable bonds is 5. The largest absolute Gasteiger partial charge is 0.351 e. The van der Waals surface area contributed by atoms with Crippen LogP contribution in [0, 0.1) is 13.8 Å². The zero-order valence-corrected chi connectivity index (χ0v) is 12.6. The van der Waals surface area contributed by atoms with Crippen LogP contribution in [0.5, 0.6) is 0 Å². The van der Waals surface area contributed by atoms with Gasteiger partial charge in [-0.25, -0.2) is 0 Å². The lowest BCUT2D eigenvalue weighted by atomic mass is 10.1. The molecule has 19 heavy (non-hydrogen) atoms. The highest BCUT2D eigenvalue weighted by Crippen LogP contribution is 2.14. The van der Waals surface area contributed by atoms with Crippen molar-refractivity contribution >= 4 is 11.7 Å². The summed E-state index contributed by atoms with van der Waals surface area (Å²) in [5.74, 6) is 0.0477. The molecule has 0 aromatic carbocycles. The Hall–Kier alpha value is -1.62. The van der Waals surface area contributed by atoms with Crippen LogP contribution in [0.2, 0.25) is 0 Å². The lowest BCUT2D eigenvalue weighted by Gasteiger charge is -2.18. The van der Waals surface area contributed by atoms with E-state index in [1.54, 1.807) is 26.0 Å². The number of amides is 1. The van der Waals surface area contributed by atoms with Crippen LogP contribution in [-0.4, -0.2) is 60.3 Å². The summed E-state index contributed by atoms with van der Waals surface area (Å²) in [6.07, 6.45) is 0. The molecule has 5 heteroatoms. The molecule has 0 aliphatic rings. The quantitative estimate of drug-likeness (QED) is 0.741. The van der Waals surface area contributed by atoms with Crippen LogP contribution in [0.25, 0.3) is 0 Å². The maximum Gasteiger partial charge on any atom is 0.236 e. The maximum absolute atomic E-state index is 12.2. The Balaban J connectivity index is 2.69. The average Bonchev–Trinajstić information content (AvgIpc) is 2.56. The summed E-state index contributed by atoms with van der Waals surface area (Å²) in [5, 5.41) is 0. The first kappa shape index (κ1) is 15.4. The predicted molar refractivity (Wildman–Crippen MR) is 75.4 cm³/mol. The molecule has 0 aliphatic carbocycles. The van der Waals surface area contributed by atoms with E-state index >= 15 is 0 Å². The van der Waals surface area contributed by atoms with E-state index in [1.165, 1.54) is 4.90 Å². The van der Waals surface area contributed by atoms with Crippen molar-refractivity contribution in [3.8, 4) is 0 Å². The number of ketones is 1. The van der Waals surface area contributed by atoms with E-state index < -0.39 is 0 Å². The fraction of sp³-hybridized carbons (Fsp3) is 0.571. The molecule has 5 nitrogen and oxygen atoms in total. The van der Waals surface area contributed by atoms with Gasteiger partial charge in [0.15, 0.2) is 5.78 Å². The molecular formula is C14H23N3O2. The second-order valence-electron chi connectivity index (χ2n) is 5.23. The second-order valence-corrected chi connectivity index (χ2v) is 5.23. The molecule has 0 unspecified atom stereocenters. The molecule has 0 saturated carbocycles. The molecule has 0 aliphatic heterocycles. The Labute approximate surface area is 114 Å². The summed E-state index contributed by atoms with van der Waals surface area (Å²) in [7, 11) is 7.15. The van der Waals surface area contributed by atoms with Gasteiger partial charge in [-0.3, -0.25) is 14.5 Å². The molecule has 1 rings (SSSR count). The summed E-state index contributed by atoms with van der Waals surface area (Å²) < 4.78 is 2.00. The van der Waals surface area contributed by atoms with Crippen molar-refractivity contribution in [1.29, 1.82) is 0 Å². The van der Waals surface area contributed by atoms with E-state index in [2.05, 4.69) is 0 Å². The average molecular weight is 265 g/mol. The fourth-order valence-electron chi connectivity index (χ4n) is 1.90. The van der Waals surface area contributed by atoms with Crippen molar-refractivity contribution in [3.05, 3.63) is 23.0 Å². The molecule has 1 heterocycles. The minimum atomic E-state index is -0.00346. The zero-order chi connectivity index (χ0) is 14.7. The lowest BCUT2D eigenvalue weighted by molar-refractivity contribution is -0.129. The molecule has 0 bridgehead atoms. The van der Waals surface area contributed by atoms with Gasteiger partial charge in [-0.05, 0) is 27.0 Å². The topological polar surface area (TPSA) is 45.6 Å². The summed E-state index contributed by atoms with van der Waals surface area (Å²) >= 11 is 0. The molecule has 0 atom stereocenters. The third-order valence-corrected chi connectivity index (χ3v) is 3.39. The number of aryl methyl sites for hydroxylation is 1. The standard InChI is InChI=1S/C14H23N3O2/c1-10-7-12(11(2)17(10)6)13(18)8-16(5)9-14(19)15(3)4/h7H,8-9H2,1-6H3. The molecule has 0 N–H and O–H groups in total. The molecule has 106 valence electrons. The normalized spacial score (nSPS) is 10.9. The van der Waals surface area contributed by atoms with Crippen molar-refractivity contribution in [2.75, 3.05) is 34.2 Å². The molecule has 0 spiro atoms. The Kier molecular flexibility index (Phi) is 4.89. The van der Waals surface area contributed by atoms with E-state index in [1.807, 2.05) is 31.5 Å². The van der Waals surface area contributed by atoms with Crippen molar-refractivity contribution < 1.29 is 9.59 Å². The molecule has 0 fully saturated rings. The van der Waals surface area contributed by atoms with Gasteiger partial charge in [0.05, 0.1) is 13.1 Å². The smallest absolute Gasteiger partial charge is 0.236 e. The Bertz CT molecular complexity index is 489. The van der Waals surface area contributed by atoms with Crippen LogP contribution in [0.4, 0.5) is 0 Å². The van der Waals surface area contributed by atoms with E-state index in [0.717, 1.165) is 17.0 Å². The Morgan fingerprint density at radius 2 is 1.74 bits per heavy atom. The van der Waals surface area contributed by atoms with Gasteiger partial charge < -0.3 is 9.47 Å². The van der Waals surface area contributed by atoms with Crippen molar-refractivity contribution in [2.24, 2.45) is 7.05 Å². The molecule has 1 aromatic heterocycles. The van der Waals surface area contributed by atoms with Crippen molar-refractivity contribution in [2.45, 2.75) is 13.8 Å². The van der Waals surface area contributed by atoms with E-state index in [4.69, 9.17) is 0 Å². The van der Waals surface area contributed by atoms with Crippen LogP contribution < -0.4 is 0 Å². The van der Waals surface area contributed by atoms with Crippen molar-refractivity contribution in [1.82, 2.24) is 14.4 Å². The van der Waals surface area contributed by atoms with Crippen LogP contribution >= 0.6 is 0 Å². The summed E-state index contributed by atoms with van der Waals surface area (Å²) in [5.41, 5.74) is 2.77. The minimum Gasteiger partial charge on any atom is -0.351 e. The molecular weight excluding hydrogens is 242 g/mol. The van der Waals surface area contributed by atoms with Crippen LogP contribution in [-0.2, 0) is 11.8 Å². The molecule has 0 radical (unpaired) electrons. The third kappa shape index (κ3) is 3.67. The maximum atomic E-state index is 12.2. The van der Waals surface area contributed by atoms with Gasteiger partial charge in [0.2, 0.25) is 5.91 Å². The first-order valence-corrected chi connectivity index (χ1v) is 6.28. The van der Waals surface area contributed by atoms with E-state index in [0.29, 0.717) is 0 Å². The number of Topliss-reactive ketones (excluding diaryl/α,β-unsaturated/α-hetero) is 1. The molecule has 1 amide bonds. The number of carbonyl (C=O) groups is 2. The first-order valence-electron chi connectivity index (χ1n) is 6.28. The van der Waals surface area contributed by atoms with Gasteiger partial charge in [0.25, 0.3) is 0 Å². The van der Waals surface area contributed by atoms with Gasteiger partial charge >= 0.3 is 0 Å². The molecule has 0 saturated heterocycles. The Morgan fingerprint density at radius 3 is 2.16 bits per heavy atom. The zero-order valence-electron chi connectivity index (χ0n) is 12.6. The Morgan fingerprint density at radius 1 is 1.16 bits per heavy atom. The first-order chi connectivity index (χ1) is 8.73.